The van der Waals surface area contributed by atoms with Gasteiger partial charge in [-0.15, -0.1) is 0 Å². The minimum Gasteiger partial charge on any atom is -0.375 e. The Morgan fingerprint density at radius 2 is 1.32 bits per heavy atom. The Morgan fingerprint density at radius 1 is 0.737 bits per heavy atom. The zero-order valence-electron chi connectivity index (χ0n) is 20.3. The lowest BCUT2D eigenvalue weighted by molar-refractivity contribution is -0.0499. The van der Waals surface area contributed by atoms with Crippen LogP contribution in [0, 0.1) is 13.8 Å². The maximum atomic E-state index is 13.4. The Balaban J connectivity index is 1.96. The Hall–Kier alpha value is -3.74. The fourth-order valence-corrected chi connectivity index (χ4v) is 5.97. The van der Waals surface area contributed by atoms with Crippen LogP contribution in [0.4, 0.5) is 13.2 Å². The number of halogens is 3. The second-order valence-corrected chi connectivity index (χ2v) is 11.3. The number of fused-ring (bicyclic) bond motifs is 2. The molecule has 5 aromatic carbocycles. The quantitative estimate of drug-likeness (QED) is 0.127. The smallest absolute Gasteiger partial charge is 0.375 e. The molecule has 0 heterocycles. The fraction of sp³-hybridized carbons (Fsp3) is 0.103. The molecule has 5 aromatic rings. The maximum absolute atomic E-state index is 13.4. The van der Waals surface area contributed by atoms with Gasteiger partial charge in [-0.2, -0.15) is 21.6 Å². The zero-order valence-corrected chi connectivity index (χ0v) is 22.1. The summed E-state index contributed by atoms with van der Waals surface area (Å²) in [5.74, 6) is -0.497. The molecular weight excluding hydrogens is 532 g/mol. The van der Waals surface area contributed by atoms with E-state index in [1.807, 2.05) is 50.2 Å². The number of hydrogen-bond acceptors (Lipinski definition) is 4. The van der Waals surface area contributed by atoms with Gasteiger partial charge in [-0.05, 0) is 53.1 Å². The minimum atomic E-state index is -5.97. The molecule has 0 saturated heterocycles. The SMILES string of the molecule is Cc1cc(C)cc(-c2cc3ccccc3c(-c3c(OS(=O)(=O)C(F)(F)F)ccc4ccccc34)c2[PH+]=O)c1. The molecule has 9 heteroatoms. The molecule has 0 saturated carbocycles. The highest BCUT2D eigenvalue weighted by molar-refractivity contribution is 7.88. The highest BCUT2D eigenvalue weighted by Crippen LogP contribution is 2.44. The third kappa shape index (κ3) is 4.55. The van der Waals surface area contributed by atoms with E-state index in [-0.39, 0.29) is 5.56 Å². The number of hydrogen-bond donors (Lipinski definition) is 0. The Kier molecular flexibility index (Phi) is 6.49. The van der Waals surface area contributed by atoms with Crippen molar-refractivity contribution in [3.8, 4) is 28.0 Å². The summed E-state index contributed by atoms with van der Waals surface area (Å²) < 4.78 is 82.0. The summed E-state index contributed by atoms with van der Waals surface area (Å²) in [7, 11) is -6.97. The van der Waals surface area contributed by atoms with E-state index >= 15 is 0 Å². The summed E-state index contributed by atoms with van der Waals surface area (Å²) in [6.07, 6.45) is 0. The summed E-state index contributed by atoms with van der Waals surface area (Å²) in [6.45, 7) is 3.88. The van der Waals surface area contributed by atoms with Crippen molar-refractivity contribution in [2.75, 3.05) is 0 Å². The van der Waals surface area contributed by atoms with Gasteiger partial charge in [-0.1, -0.05) is 88.5 Å². The topological polar surface area (TPSA) is 60.4 Å². The van der Waals surface area contributed by atoms with E-state index in [9.17, 15) is 26.2 Å². The van der Waals surface area contributed by atoms with Crippen LogP contribution in [-0.4, -0.2) is 13.9 Å². The normalized spacial score (nSPS) is 12.3. The third-order valence-corrected chi connectivity index (χ3v) is 8.00. The first-order valence-corrected chi connectivity index (χ1v) is 13.9. The molecule has 4 nitrogen and oxygen atoms in total. The van der Waals surface area contributed by atoms with Crippen molar-refractivity contribution in [3.63, 3.8) is 0 Å². The highest BCUT2D eigenvalue weighted by atomic mass is 32.2. The Morgan fingerprint density at radius 3 is 1.92 bits per heavy atom. The molecule has 38 heavy (non-hydrogen) atoms. The fourth-order valence-electron chi connectivity index (χ4n) is 4.82. The van der Waals surface area contributed by atoms with Crippen molar-refractivity contribution < 1.29 is 30.3 Å². The maximum Gasteiger partial charge on any atom is 0.534 e. The van der Waals surface area contributed by atoms with Crippen LogP contribution < -0.4 is 9.49 Å². The monoisotopic (exact) mass is 553 g/mol. The molecule has 0 radical (unpaired) electrons. The summed E-state index contributed by atoms with van der Waals surface area (Å²) in [5, 5.41) is 2.82. The first-order chi connectivity index (χ1) is 18.0. The average molecular weight is 554 g/mol. The third-order valence-electron chi connectivity index (χ3n) is 6.31. The van der Waals surface area contributed by atoms with Gasteiger partial charge in [0.1, 0.15) is 0 Å². The number of alkyl halides is 3. The van der Waals surface area contributed by atoms with Crippen molar-refractivity contribution in [3.05, 3.63) is 96.1 Å². The van der Waals surface area contributed by atoms with E-state index in [1.54, 1.807) is 36.4 Å². The van der Waals surface area contributed by atoms with Crippen LogP contribution in [0.2, 0.25) is 0 Å². The lowest BCUT2D eigenvalue weighted by Crippen LogP contribution is -2.28. The number of aryl methyl sites for hydroxylation is 2. The summed E-state index contributed by atoms with van der Waals surface area (Å²) in [5.41, 5.74) is -1.75. The molecule has 1 unspecified atom stereocenters. The lowest BCUT2D eigenvalue weighted by atomic mass is 9.89. The van der Waals surface area contributed by atoms with Gasteiger partial charge in [0.25, 0.3) is 0 Å². The first-order valence-electron chi connectivity index (χ1n) is 11.6. The molecule has 192 valence electrons. The van der Waals surface area contributed by atoms with Gasteiger partial charge in [-0.25, -0.2) is 0 Å². The molecule has 0 bridgehead atoms. The van der Waals surface area contributed by atoms with Gasteiger partial charge in [0.2, 0.25) is 5.30 Å². The van der Waals surface area contributed by atoms with Crippen LogP contribution in [0.1, 0.15) is 11.1 Å². The van der Waals surface area contributed by atoms with Crippen molar-refractivity contribution in [1.29, 1.82) is 0 Å². The molecule has 1 atom stereocenters. The molecule has 0 aromatic heterocycles. The van der Waals surface area contributed by atoms with Gasteiger partial charge >= 0.3 is 24.1 Å². The van der Waals surface area contributed by atoms with Crippen molar-refractivity contribution in [1.82, 2.24) is 0 Å². The van der Waals surface area contributed by atoms with Gasteiger partial charge in [0.15, 0.2) is 5.75 Å². The summed E-state index contributed by atoms with van der Waals surface area (Å²) >= 11 is 0. The standard InChI is InChI=1S/C29H20F3O4PS/c1-17-13-18(2)15-21(14-17)24-16-20-8-4-6-10-23(20)27(28(24)37-33)26-22-9-5-3-7-19(22)11-12-25(26)36-38(34,35)29(30,31)32/h3-16H,1-2H3/p+1. The van der Waals surface area contributed by atoms with E-state index in [4.69, 9.17) is 4.18 Å². The van der Waals surface area contributed by atoms with Crippen LogP contribution in [0.5, 0.6) is 5.75 Å². The van der Waals surface area contributed by atoms with Crippen molar-refractivity contribution in [2.45, 2.75) is 19.4 Å². The van der Waals surface area contributed by atoms with Gasteiger partial charge < -0.3 is 4.18 Å². The van der Waals surface area contributed by atoms with E-state index in [0.717, 1.165) is 22.1 Å². The minimum absolute atomic E-state index is 0.122. The van der Waals surface area contributed by atoms with Gasteiger partial charge in [0.05, 0.1) is 0 Å². The molecule has 0 aliphatic rings. The van der Waals surface area contributed by atoms with E-state index < -0.39 is 29.8 Å². The molecule has 0 aliphatic heterocycles. The second-order valence-electron chi connectivity index (χ2n) is 9.02. The van der Waals surface area contributed by atoms with Crippen LogP contribution in [-0.2, 0) is 14.7 Å². The highest BCUT2D eigenvalue weighted by Gasteiger charge is 2.49. The largest absolute Gasteiger partial charge is 0.534 e. The second kappa shape index (κ2) is 9.53. The first kappa shape index (κ1) is 25.9. The number of benzene rings is 5. The van der Waals surface area contributed by atoms with Gasteiger partial charge in [-0.3, -0.25) is 0 Å². The Labute approximate surface area is 219 Å². The average Bonchev–Trinajstić information content (AvgIpc) is 2.86. The molecule has 0 spiro atoms. The lowest BCUT2D eigenvalue weighted by Gasteiger charge is -2.18. The van der Waals surface area contributed by atoms with Gasteiger partial charge in [0, 0.05) is 16.7 Å². The molecule has 0 amide bonds. The van der Waals surface area contributed by atoms with E-state index in [0.29, 0.717) is 32.6 Å². The molecule has 0 fully saturated rings. The van der Waals surface area contributed by atoms with E-state index in [1.165, 1.54) is 12.1 Å². The van der Waals surface area contributed by atoms with Crippen LogP contribution in [0.3, 0.4) is 0 Å². The summed E-state index contributed by atoms with van der Waals surface area (Å²) in [4.78, 5) is 0. The summed E-state index contributed by atoms with van der Waals surface area (Å²) in [6, 6.07) is 24.6. The molecule has 0 aliphatic carbocycles. The zero-order chi connectivity index (χ0) is 27.2. The molecule has 5 rings (SSSR count). The van der Waals surface area contributed by atoms with Crippen molar-refractivity contribution >= 4 is 45.4 Å². The molecule has 0 N–H and O–H groups in total. The van der Waals surface area contributed by atoms with Crippen LogP contribution in [0.15, 0.2) is 84.9 Å². The van der Waals surface area contributed by atoms with E-state index in [2.05, 4.69) is 0 Å². The van der Waals surface area contributed by atoms with Crippen molar-refractivity contribution in [2.24, 2.45) is 0 Å². The predicted octanol–water partition coefficient (Wildman–Crippen LogP) is 7.82. The molecular formula is C29H21F3O4PS+. The predicted molar refractivity (Wildman–Crippen MR) is 146 cm³/mol. The van der Waals surface area contributed by atoms with Crippen LogP contribution in [0.25, 0.3) is 43.8 Å². The van der Waals surface area contributed by atoms with Crippen LogP contribution >= 0.6 is 8.46 Å². The Bertz CT molecular complexity index is 1830. The number of rotatable bonds is 5.